The molecular weight excluding hydrogens is 209 g/mol. The number of amides is 1. The first-order valence-corrected chi connectivity index (χ1v) is 7.27. The Morgan fingerprint density at radius 2 is 2.07 bits per heavy atom. The summed E-state index contributed by atoms with van der Waals surface area (Å²) in [6, 6.07) is 0. The molecule has 0 aliphatic rings. The second-order valence-electron chi connectivity index (χ2n) is 3.57. The first-order valence-electron chi connectivity index (χ1n) is 5.86. The maximum atomic E-state index is 11.3. The molecule has 0 aromatic rings. The van der Waals surface area contributed by atoms with Crippen LogP contribution in [-0.2, 0) is 9.32 Å². The highest BCUT2D eigenvalue weighted by Gasteiger charge is 1.99. The quantitative estimate of drug-likeness (QED) is 0.465. The standard InChI is InChI=1S/C11H24NO2P/c1-3-4-5-6-9-12-11(13)8-7-10-14-15-2/h15H,3-10H2,1-2H3,(H,12,13). The van der Waals surface area contributed by atoms with Gasteiger partial charge < -0.3 is 9.84 Å². The molecule has 1 unspecified atom stereocenters. The van der Waals surface area contributed by atoms with Crippen molar-refractivity contribution < 1.29 is 9.32 Å². The Bertz CT molecular complexity index is 154. The molecule has 3 nitrogen and oxygen atoms in total. The van der Waals surface area contributed by atoms with Crippen molar-refractivity contribution in [1.29, 1.82) is 0 Å². The Morgan fingerprint density at radius 1 is 1.27 bits per heavy atom. The minimum atomic E-state index is 0.162. The van der Waals surface area contributed by atoms with Gasteiger partial charge in [-0.15, -0.1) is 0 Å². The Hall–Kier alpha value is -0.140. The molecule has 0 rings (SSSR count). The summed E-state index contributed by atoms with van der Waals surface area (Å²) in [4.78, 5) is 11.3. The number of carbonyl (C=O) groups is 1. The van der Waals surface area contributed by atoms with Crippen LogP contribution in [0.4, 0.5) is 0 Å². The Balaban J connectivity index is 3.11. The van der Waals surface area contributed by atoms with E-state index in [9.17, 15) is 4.79 Å². The van der Waals surface area contributed by atoms with Gasteiger partial charge in [-0.05, 0) is 19.5 Å². The van der Waals surface area contributed by atoms with E-state index in [0.717, 1.165) is 19.4 Å². The smallest absolute Gasteiger partial charge is 0.220 e. The largest absolute Gasteiger partial charge is 0.363 e. The molecule has 0 aliphatic heterocycles. The molecule has 90 valence electrons. The lowest BCUT2D eigenvalue weighted by atomic mass is 10.2. The summed E-state index contributed by atoms with van der Waals surface area (Å²) in [6.07, 6.45) is 6.26. The SMILES string of the molecule is CCCCCCNC(=O)CCCOPC. The average molecular weight is 233 g/mol. The summed E-state index contributed by atoms with van der Waals surface area (Å²) in [5.74, 6) is 0.162. The first kappa shape index (κ1) is 14.9. The number of unbranched alkanes of at least 4 members (excludes halogenated alkanes) is 3. The summed E-state index contributed by atoms with van der Waals surface area (Å²) >= 11 is 0. The number of rotatable bonds is 10. The summed E-state index contributed by atoms with van der Waals surface area (Å²) in [7, 11) is 0.530. The lowest BCUT2D eigenvalue weighted by molar-refractivity contribution is -0.121. The van der Waals surface area contributed by atoms with Crippen molar-refractivity contribution in [2.45, 2.75) is 45.4 Å². The van der Waals surface area contributed by atoms with Crippen LogP contribution in [-0.4, -0.2) is 25.7 Å². The Kier molecular flexibility index (Phi) is 11.8. The van der Waals surface area contributed by atoms with Crippen LogP contribution in [0.5, 0.6) is 0 Å². The summed E-state index contributed by atoms with van der Waals surface area (Å²) in [5, 5.41) is 2.93. The number of carbonyl (C=O) groups excluding carboxylic acids is 1. The second-order valence-corrected chi connectivity index (χ2v) is 4.26. The molecule has 0 spiro atoms. The Labute approximate surface area is 95.2 Å². The van der Waals surface area contributed by atoms with Crippen LogP contribution in [0, 0.1) is 0 Å². The monoisotopic (exact) mass is 233 g/mol. The van der Waals surface area contributed by atoms with E-state index in [1.165, 1.54) is 19.3 Å². The zero-order chi connectivity index (χ0) is 11.4. The van der Waals surface area contributed by atoms with Gasteiger partial charge in [0.15, 0.2) is 0 Å². The highest BCUT2D eigenvalue weighted by Crippen LogP contribution is 2.05. The molecule has 4 heteroatoms. The molecule has 1 atom stereocenters. The van der Waals surface area contributed by atoms with Crippen LogP contribution in [0.25, 0.3) is 0 Å². The normalized spacial score (nSPS) is 11.1. The first-order chi connectivity index (χ1) is 7.31. The van der Waals surface area contributed by atoms with Gasteiger partial charge in [-0.2, -0.15) is 0 Å². The number of hydrogen-bond donors (Lipinski definition) is 1. The average Bonchev–Trinajstić information content (AvgIpc) is 2.24. The van der Waals surface area contributed by atoms with Gasteiger partial charge in [0.1, 0.15) is 0 Å². The maximum absolute atomic E-state index is 11.3. The number of hydrogen-bond acceptors (Lipinski definition) is 2. The van der Waals surface area contributed by atoms with E-state index >= 15 is 0 Å². The molecule has 1 amide bonds. The maximum Gasteiger partial charge on any atom is 0.220 e. The molecule has 0 bridgehead atoms. The summed E-state index contributed by atoms with van der Waals surface area (Å²) in [5.41, 5.74) is 0. The van der Waals surface area contributed by atoms with Gasteiger partial charge in [-0.1, -0.05) is 26.2 Å². The van der Waals surface area contributed by atoms with Crippen molar-refractivity contribution in [3.8, 4) is 0 Å². The van der Waals surface area contributed by atoms with Crippen molar-refractivity contribution in [1.82, 2.24) is 5.32 Å². The van der Waals surface area contributed by atoms with E-state index < -0.39 is 0 Å². The van der Waals surface area contributed by atoms with Crippen LogP contribution in [0.3, 0.4) is 0 Å². The van der Waals surface area contributed by atoms with Crippen LogP contribution in [0.1, 0.15) is 45.4 Å². The number of nitrogens with one attached hydrogen (secondary N) is 1. The zero-order valence-electron chi connectivity index (χ0n) is 9.97. The van der Waals surface area contributed by atoms with E-state index in [2.05, 4.69) is 12.2 Å². The van der Waals surface area contributed by atoms with E-state index in [0.29, 0.717) is 21.8 Å². The topological polar surface area (TPSA) is 38.3 Å². The molecule has 0 aliphatic carbocycles. The highest BCUT2D eigenvalue weighted by molar-refractivity contribution is 7.31. The fourth-order valence-corrected chi connectivity index (χ4v) is 1.62. The predicted octanol–water partition coefficient (Wildman–Crippen LogP) is 2.70. The van der Waals surface area contributed by atoms with Gasteiger partial charge in [0.2, 0.25) is 5.91 Å². The molecular formula is C11H24NO2P. The van der Waals surface area contributed by atoms with Crippen molar-refractivity contribution in [3.05, 3.63) is 0 Å². The van der Waals surface area contributed by atoms with E-state index in [-0.39, 0.29) is 5.91 Å². The van der Waals surface area contributed by atoms with Crippen molar-refractivity contribution in [2.75, 3.05) is 19.8 Å². The van der Waals surface area contributed by atoms with Crippen LogP contribution < -0.4 is 5.32 Å². The predicted molar refractivity (Wildman–Crippen MR) is 66.6 cm³/mol. The van der Waals surface area contributed by atoms with Crippen LogP contribution >= 0.6 is 8.81 Å². The van der Waals surface area contributed by atoms with E-state index in [1.54, 1.807) is 0 Å². The second kappa shape index (κ2) is 11.9. The minimum Gasteiger partial charge on any atom is -0.363 e. The minimum absolute atomic E-state index is 0.162. The molecule has 0 saturated carbocycles. The third-order valence-electron chi connectivity index (χ3n) is 2.15. The summed E-state index contributed by atoms with van der Waals surface area (Å²) < 4.78 is 5.19. The fourth-order valence-electron chi connectivity index (χ4n) is 1.27. The van der Waals surface area contributed by atoms with Crippen molar-refractivity contribution in [2.24, 2.45) is 0 Å². The van der Waals surface area contributed by atoms with Gasteiger partial charge in [0.25, 0.3) is 0 Å². The van der Waals surface area contributed by atoms with Gasteiger partial charge in [-0.3, -0.25) is 4.79 Å². The van der Waals surface area contributed by atoms with Gasteiger partial charge in [0, 0.05) is 21.8 Å². The molecule has 15 heavy (non-hydrogen) atoms. The van der Waals surface area contributed by atoms with Crippen LogP contribution in [0.15, 0.2) is 0 Å². The van der Waals surface area contributed by atoms with E-state index in [4.69, 9.17) is 4.52 Å². The molecule has 0 saturated heterocycles. The zero-order valence-corrected chi connectivity index (χ0v) is 11.0. The molecule has 0 aromatic heterocycles. The molecule has 0 fully saturated rings. The van der Waals surface area contributed by atoms with Gasteiger partial charge in [0.05, 0.1) is 6.61 Å². The third kappa shape index (κ3) is 11.8. The highest BCUT2D eigenvalue weighted by atomic mass is 31.1. The van der Waals surface area contributed by atoms with Gasteiger partial charge >= 0.3 is 0 Å². The van der Waals surface area contributed by atoms with Crippen LogP contribution in [0.2, 0.25) is 0 Å². The lowest BCUT2D eigenvalue weighted by Crippen LogP contribution is -2.24. The molecule has 0 radical (unpaired) electrons. The molecule has 1 N–H and O–H groups in total. The Morgan fingerprint density at radius 3 is 2.73 bits per heavy atom. The molecule has 0 aromatic carbocycles. The van der Waals surface area contributed by atoms with Gasteiger partial charge in [-0.25, -0.2) is 0 Å². The third-order valence-corrected chi connectivity index (χ3v) is 2.64. The lowest BCUT2D eigenvalue weighted by Gasteiger charge is -2.04. The van der Waals surface area contributed by atoms with Crippen molar-refractivity contribution >= 4 is 14.7 Å². The molecule has 0 heterocycles. The fraction of sp³-hybridized carbons (Fsp3) is 0.909. The summed E-state index contributed by atoms with van der Waals surface area (Å²) in [6.45, 7) is 5.72. The van der Waals surface area contributed by atoms with Crippen molar-refractivity contribution in [3.63, 3.8) is 0 Å². The van der Waals surface area contributed by atoms with E-state index in [1.807, 2.05) is 6.66 Å².